The first-order chi connectivity index (χ1) is 10.9. The van der Waals surface area contributed by atoms with E-state index in [0.717, 1.165) is 6.08 Å². The Morgan fingerprint density at radius 2 is 2.22 bits per heavy atom. The summed E-state index contributed by atoms with van der Waals surface area (Å²) in [5.74, 6) is 0.120. The Bertz CT molecular complexity index is 624. The third-order valence-electron chi connectivity index (χ3n) is 4.41. The van der Waals surface area contributed by atoms with Crippen molar-refractivity contribution in [1.29, 1.82) is 0 Å². The number of alkyl halides is 3. The molecule has 0 saturated carbocycles. The van der Waals surface area contributed by atoms with E-state index in [4.69, 9.17) is 4.74 Å². The van der Waals surface area contributed by atoms with Gasteiger partial charge in [0.15, 0.2) is 0 Å². The first kappa shape index (κ1) is 16.0. The second-order valence-corrected chi connectivity index (χ2v) is 5.84. The lowest BCUT2D eigenvalue weighted by Gasteiger charge is -2.30. The molecule has 0 unspecified atom stereocenters. The molecular formula is C15H18F3N3O2. The van der Waals surface area contributed by atoms with Crippen molar-refractivity contribution in [2.45, 2.75) is 25.1 Å². The number of amides is 1. The Morgan fingerprint density at radius 1 is 1.43 bits per heavy atom. The second-order valence-electron chi connectivity index (χ2n) is 5.84. The second kappa shape index (κ2) is 5.99. The van der Waals surface area contributed by atoms with Gasteiger partial charge in [0, 0.05) is 44.7 Å². The fraction of sp³-hybridized carbons (Fsp3) is 0.600. The number of carbonyl (C=O) groups excluding carboxylic acids is 1. The summed E-state index contributed by atoms with van der Waals surface area (Å²) in [7, 11) is 1.82. The van der Waals surface area contributed by atoms with Crippen LogP contribution in [0.25, 0.3) is 0 Å². The molecule has 0 radical (unpaired) electrons. The van der Waals surface area contributed by atoms with Crippen molar-refractivity contribution in [3.63, 3.8) is 0 Å². The van der Waals surface area contributed by atoms with E-state index in [-0.39, 0.29) is 25.4 Å². The fourth-order valence-corrected chi connectivity index (χ4v) is 3.11. The average molecular weight is 329 g/mol. The van der Waals surface area contributed by atoms with Crippen molar-refractivity contribution in [2.24, 2.45) is 13.0 Å². The Morgan fingerprint density at radius 3 is 2.78 bits per heavy atom. The van der Waals surface area contributed by atoms with Crippen molar-refractivity contribution in [3.05, 3.63) is 29.9 Å². The minimum atomic E-state index is -4.30. The number of hydrogen-bond donors (Lipinski definition) is 0. The van der Waals surface area contributed by atoms with Crippen LogP contribution in [0.2, 0.25) is 0 Å². The van der Waals surface area contributed by atoms with Crippen LogP contribution in [0.1, 0.15) is 24.8 Å². The van der Waals surface area contributed by atoms with Crippen LogP contribution in [-0.4, -0.2) is 46.2 Å². The van der Waals surface area contributed by atoms with Gasteiger partial charge in [0.05, 0.1) is 5.92 Å². The molecule has 0 bridgehead atoms. The van der Waals surface area contributed by atoms with Gasteiger partial charge in [-0.1, -0.05) is 6.08 Å². The van der Waals surface area contributed by atoms with Gasteiger partial charge in [-0.2, -0.15) is 13.2 Å². The van der Waals surface area contributed by atoms with Crippen molar-refractivity contribution in [2.75, 3.05) is 19.7 Å². The summed E-state index contributed by atoms with van der Waals surface area (Å²) in [6.45, 7) is 0.539. The van der Waals surface area contributed by atoms with Crippen LogP contribution in [0.5, 0.6) is 0 Å². The van der Waals surface area contributed by atoms with Crippen LogP contribution in [0, 0.1) is 5.92 Å². The molecule has 2 aliphatic heterocycles. The first-order valence-electron chi connectivity index (χ1n) is 7.52. The summed E-state index contributed by atoms with van der Waals surface area (Å²) in [4.78, 5) is 18.4. The molecule has 1 aromatic rings. The Kier molecular flexibility index (Phi) is 4.18. The molecule has 1 fully saturated rings. The lowest BCUT2D eigenvalue weighted by Crippen LogP contribution is -2.41. The maximum atomic E-state index is 12.7. The van der Waals surface area contributed by atoms with Gasteiger partial charge >= 0.3 is 6.18 Å². The third kappa shape index (κ3) is 3.12. The molecule has 3 rings (SSSR count). The van der Waals surface area contributed by atoms with Gasteiger partial charge in [0.25, 0.3) is 0 Å². The summed E-state index contributed by atoms with van der Waals surface area (Å²) in [6.07, 6.45) is 0.179. The lowest BCUT2D eigenvalue weighted by atomic mass is 9.97. The zero-order valence-electron chi connectivity index (χ0n) is 12.7. The number of imidazole rings is 1. The molecule has 5 nitrogen and oxygen atoms in total. The smallest absolute Gasteiger partial charge is 0.369 e. The van der Waals surface area contributed by atoms with E-state index in [1.807, 2.05) is 7.05 Å². The molecule has 0 N–H and O–H groups in total. The standard InChI is InChI=1S/C15H18F3N3O2/c1-20-8-5-19-13(20)12-11(4-9-23-12)14(22)21-6-2-10(3-7-21)15(16,17)18/h2,5,8,11-12H,3-4,6-7,9H2,1H3/t11-,12-/m1/s1. The van der Waals surface area contributed by atoms with Crippen molar-refractivity contribution < 1.29 is 22.7 Å². The zero-order chi connectivity index (χ0) is 16.6. The number of hydrogen-bond acceptors (Lipinski definition) is 3. The van der Waals surface area contributed by atoms with Crippen LogP contribution in [-0.2, 0) is 16.6 Å². The van der Waals surface area contributed by atoms with Gasteiger partial charge in [-0.25, -0.2) is 4.98 Å². The van der Waals surface area contributed by atoms with E-state index in [1.165, 1.54) is 4.90 Å². The molecule has 2 atom stereocenters. The van der Waals surface area contributed by atoms with Crippen LogP contribution >= 0.6 is 0 Å². The molecule has 0 spiro atoms. The van der Waals surface area contributed by atoms with Crippen LogP contribution in [0.3, 0.4) is 0 Å². The average Bonchev–Trinajstić information content (AvgIpc) is 3.14. The molecule has 1 amide bonds. The third-order valence-corrected chi connectivity index (χ3v) is 4.41. The van der Waals surface area contributed by atoms with Gasteiger partial charge in [0.1, 0.15) is 11.9 Å². The van der Waals surface area contributed by atoms with E-state index in [0.29, 0.717) is 18.9 Å². The highest BCUT2D eigenvalue weighted by Crippen LogP contribution is 2.36. The summed E-state index contributed by atoms with van der Waals surface area (Å²) in [6, 6.07) is 0. The van der Waals surface area contributed by atoms with Crippen molar-refractivity contribution in [3.8, 4) is 0 Å². The molecule has 3 heterocycles. The quantitative estimate of drug-likeness (QED) is 0.782. The predicted octanol–water partition coefficient (Wildman–Crippen LogP) is 2.22. The lowest BCUT2D eigenvalue weighted by molar-refractivity contribution is -0.138. The van der Waals surface area contributed by atoms with E-state index in [9.17, 15) is 18.0 Å². The van der Waals surface area contributed by atoms with E-state index in [2.05, 4.69) is 4.98 Å². The summed E-state index contributed by atoms with van der Waals surface area (Å²) < 4.78 is 45.4. The van der Waals surface area contributed by atoms with Gasteiger partial charge < -0.3 is 14.2 Å². The van der Waals surface area contributed by atoms with E-state index < -0.39 is 23.8 Å². The molecule has 0 aliphatic carbocycles. The van der Waals surface area contributed by atoms with Crippen molar-refractivity contribution >= 4 is 5.91 Å². The van der Waals surface area contributed by atoms with Crippen molar-refractivity contribution in [1.82, 2.24) is 14.5 Å². The van der Waals surface area contributed by atoms with E-state index >= 15 is 0 Å². The van der Waals surface area contributed by atoms with Gasteiger partial charge in [-0.15, -0.1) is 0 Å². The number of aromatic nitrogens is 2. The Balaban J connectivity index is 1.71. The first-order valence-corrected chi connectivity index (χ1v) is 7.52. The molecule has 8 heteroatoms. The minimum absolute atomic E-state index is 0.00252. The molecule has 1 saturated heterocycles. The number of carbonyl (C=O) groups is 1. The molecule has 0 aromatic carbocycles. The SMILES string of the molecule is Cn1ccnc1[C@@H]1OCC[C@H]1C(=O)N1CC=C(C(F)(F)F)CC1. The highest BCUT2D eigenvalue weighted by molar-refractivity contribution is 5.80. The van der Waals surface area contributed by atoms with Crippen LogP contribution < -0.4 is 0 Å². The maximum absolute atomic E-state index is 12.7. The Hall–Kier alpha value is -1.83. The van der Waals surface area contributed by atoms with Crippen LogP contribution in [0.4, 0.5) is 13.2 Å². The number of aryl methyl sites for hydroxylation is 1. The predicted molar refractivity (Wildman–Crippen MR) is 75.3 cm³/mol. The number of halogens is 3. The molecule has 1 aromatic heterocycles. The summed E-state index contributed by atoms with van der Waals surface area (Å²) in [5.41, 5.74) is -0.551. The molecule has 23 heavy (non-hydrogen) atoms. The highest BCUT2D eigenvalue weighted by Gasteiger charge is 2.41. The van der Waals surface area contributed by atoms with Crippen LogP contribution in [0.15, 0.2) is 24.0 Å². The number of ether oxygens (including phenoxy) is 1. The van der Waals surface area contributed by atoms with Gasteiger partial charge in [0.2, 0.25) is 5.91 Å². The summed E-state index contributed by atoms with van der Waals surface area (Å²) in [5, 5.41) is 0. The van der Waals surface area contributed by atoms with E-state index in [1.54, 1.807) is 17.0 Å². The largest absolute Gasteiger partial charge is 0.412 e. The number of rotatable bonds is 2. The molecular weight excluding hydrogens is 311 g/mol. The molecule has 126 valence electrons. The monoisotopic (exact) mass is 329 g/mol. The topological polar surface area (TPSA) is 47.4 Å². The maximum Gasteiger partial charge on any atom is 0.412 e. The van der Waals surface area contributed by atoms with Gasteiger partial charge in [-0.05, 0) is 12.8 Å². The summed E-state index contributed by atoms with van der Waals surface area (Å²) >= 11 is 0. The fourth-order valence-electron chi connectivity index (χ4n) is 3.11. The molecule has 2 aliphatic rings. The zero-order valence-corrected chi connectivity index (χ0v) is 12.7. The van der Waals surface area contributed by atoms with Gasteiger partial charge in [-0.3, -0.25) is 4.79 Å². The Labute approximate surface area is 131 Å². The normalized spacial score (nSPS) is 25.6. The number of nitrogens with zero attached hydrogens (tertiary/aromatic N) is 3. The minimum Gasteiger partial charge on any atom is -0.369 e. The highest BCUT2D eigenvalue weighted by atomic mass is 19.4.